The second-order valence-electron chi connectivity index (χ2n) is 9.42. The van der Waals surface area contributed by atoms with Crippen LogP contribution in [0.15, 0.2) is 18.7 Å². The summed E-state index contributed by atoms with van der Waals surface area (Å²) in [6.07, 6.45) is 27.7. The third-order valence-corrected chi connectivity index (χ3v) is 5.51. The maximum absolute atomic E-state index is 10.7. The van der Waals surface area contributed by atoms with Crippen molar-refractivity contribution in [1.82, 2.24) is 4.57 Å². The van der Waals surface area contributed by atoms with Crippen molar-refractivity contribution in [2.75, 3.05) is 13.2 Å². The Morgan fingerprint density at radius 3 is 1.44 bits per heavy atom. The van der Waals surface area contributed by atoms with E-state index in [-0.39, 0.29) is 0 Å². The van der Waals surface area contributed by atoms with Gasteiger partial charge in [-0.05, 0) is 12.8 Å². The van der Waals surface area contributed by atoms with E-state index in [1.165, 1.54) is 103 Å². The van der Waals surface area contributed by atoms with Crippen LogP contribution in [0.5, 0.6) is 0 Å². The maximum atomic E-state index is 9.87. The van der Waals surface area contributed by atoms with Gasteiger partial charge < -0.3 is 9.47 Å². The van der Waals surface area contributed by atoms with Crippen LogP contribution in [-0.2, 0) is 22.9 Å². The summed E-state index contributed by atoms with van der Waals surface area (Å²) in [6.45, 7) is 7.55. The molecule has 1 aromatic heterocycles. The summed E-state index contributed by atoms with van der Waals surface area (Å²) >= 11 is 0. The molecule has 0 aliphatic carbocycles. The van der Waals surface area contributed by atoms with Gasteiger partial charge in [-0.25, -0.2) is 9.13 Å². The zero-order valence-corrected chi connectivity index (χ0v) is 23.2. The Morgan fingerprint density at radius 1 is 0.611 bits per heavy atom. The Kier molecular flexibility index (Phi) is 18.0. The van der Waals surface area contributed by atoms with E-state index in [1.54, 1.807) is 0 Å². The molecule has 0 saturated carbocycles. The Balaban J connectivity index is 0.00000152. The van der Waals surface area contributed by atoms with Gasteiger partial charge in [0.05, 0.1) is 13.2 Å². The molecule has 0 N–H and O–H groups in total. The molecule has 0 aromatic carbocycles. The van der Waals surface area contributed by atoms with Crippen LogP contribution in [0, 0.1) is 0 Å². The van der Waals surface area contributed by atoms with Crippen molar-refractivity contribution in [1.29, 1.82) is 0 Å². The van der Waals surface area contributed by atoms with Gasteiger partial charge in [0.2, 0.25) is 6.33 Å². The third-order valence-electron chi connectivity index (χ3n) is 5.51. The quantitative estimate of drug-likeness (QED) is 0.0617. The molecular weight excluding hydrogens is 505 g/mol. The van der Waals surface area contributed by atoms with Crippen LogP contribution >= 0.6 is 7.81 Å². The van der Waals surface area contributed by atoms with Crippen molar-refractivity contribution < 1.29 is 39.2 Å². The number of aromatic nitrogens is 2. The molecule has 218 valence electrons. The summed E-state index contributed by atoms with van der Waals surface area (Å²) in [5, 5.41) is 0. The number of ether oxygens (including phenoxy) is 2. The molecule has 0 fully saturated rings. The second-order valence-corrected chi connectivity index (χ2v) is 11.3. The molecule has 0 bridgehead atoms. The Hall–Kier alpha value is -0.860. The first-order chi connectivity index (χ1) is 16.8. The molecule has 4 nitrogen and oxygen atoms in total. The molecule has 1 aromatic rings. The number of halogens is 6. The molecule has 0 radical (unpaired) electrons. The molecule has 0 unspecified atom stereocenters. The molecule has 36 heavy (non-hydrogen) atoms. The van der Waals surface area contributed by atoms with Gasteiger partial charge in [-0.1, -0.05) is 104 Å². The molecule has 1 heterocycles. The number of nitrogens with zero attached hydrogens (tertiary/aromatic N) is 2. The standard InChI is InChI=1S/C25H49N2O2.F6P/c1-3-5-7-9-11-13-15-17-21-28-24-26-19-20-27(23-26)25-29-22-18-16-14-12-10-8-6-4-2;1-7(2,3,4,5)6/h19-20,23H,3-18,21-22,24-25H2,1-2H3;/q+1;-1. The van der Waals surface area contributed by atoms with Crippen LogP contribution in [0.25, 0.3) is 0 Å². The average Bonchev–Trinajstić information content (AvgIpc) is 3.22. The van der Waals surface area contributed by atoms with E-state index in [0.29, 0.717) is 13.5 Å². The van der Waals surface area contributed by atoms with Crippen LogP contribution in [-0.4, -0.2) is 17.8 Å². The number of unbranched alkanes of at least 4 members (excludes halogenated alkanes) is 14. The molecule has 0 amide bonds. The number of imidazole rings is 1. The van der Waals surface area contributed by atoms with Crippen LogP contribution in [0.4, 0.5) is 25.2 Å². The fraction of sp³-hybridized carbons (Fsp3) is 0.880. The molecule has 1 rings (SSSR count). The van der Waals surface area contributed by atoms with Crippen molar-refractivity contribution in [3.05, 3.63) is 18.7 Å². The Morgan fingerprint density at radius 2 is 1.00 bits per heavy atom. The van der Waals surface area contributed by atoms with Gasteiger partial charge in [0, 0.05) is 0 Å². The molecular formula is C25H49F6N2O2P. The normalized spacial score (nSPS) is 13.7. The van der Waals surface area contributed by atoms with Crippen LogP contribution in [0.2, 0.25) is 0 Å². The van der Waals surface area contributed by atoms with E-state index in [9.17, 15) is 25.2 Å². The SMILES string of the molecule is CCCCCCCCCCOCn1cc[n+](COCCCCCCCCCC)c1.F[P-](F)(F)(F)(F)F. The van der Waals surface area contributed by atoms with Crippen molar-refractivity contribution >= 4 is 7.81 Å². The average molecular weight is 555 g/mol. The summed E-state index contributed by atoms with van der Waals surface area (Å²) in [4.78, 5) is 0. The fourth-order valence-corrected chi connectivity index (χ4v) is 3.61. The first kappa shape index (κ1) is 35.1. The van der Waals surface area contributed by atoms with Crippen molar-refractivity contribution in [3.8, 4) is 0 Å². The van der Waals surface area contributed by atoms with Gasteiger partial charge in [0.15, 0.2) is 13.5 Å². The number of hydrogen-bond acceptors (Lipinski definition) is 2. The zero-order chi connectivity index (χ0) is 27.2. The van der Waals surface area contributed by atoms with Gasteiger partial charge in [-0.15, -0.1) is 0 Å². The van der Waals surface area contributed by atoms with E-state index in [4.69, 9.17) is 9.47 Å². The summed E-state index contributed by atoms with van der Waals surface area (Å²) in [5.74, 6) is 0. The zero-order valence-electron chi connectivity index (χ0n) is 22.3. The van der Waals surface area contributed by atoms with Gasteiger partial charge >= 0.3 is 33.0 Å². The van der Waals surface area contributed by atoms with Gasteiger partial charge in [0.1, 0.15) is 12.4 Å². The van der Waals surface area contributed by atoms with E-state index in [2.05, 4.69) is 41.7 Å². The Bertz CT molecular complexity index is 592. The molecule has 11 heteroatoms. The first-order valence-electron chi connectivity index (χ1n) is 13.6. The summed E-state index contributed by atoms with van der Waals surface area (Å²) in [6, 6.07) is 0. The molecule has 0 spiro atoms. The molecule has 0 atom stereocenters. The van der Waals surface area contributed by atoms with Crippen molar-refractivity contribution in [2.24, 2.45) is 0 Å². The Labute approximate surface area is 214 Å². The first-order valence-corrected chi connectivity index (χ1v) is 15.6. The monoisotopic (exact) mass is 554 g/mol. The number of rotatable bonds is 22. The second kappa shape index (κ2) is 18.4. The summed E-state index contributed by atoms with van der Waals surface area (Å²) in [7, 11) is -10.7. The van der Waals surface area contributed by atoms with E-state index < -0.39 is 7.81 Å². The van der Waals surface area contributed by atoms with Gasteiger partial charge in [0.25, 0.3) is 0 Å². The third kappa shape index (κ3) is 33.1. The van der Waals surface area contributed by atoms with Crippen LogP contribution in [0.1, 0.15) is 117 Å². The van der Waals surface area contributed by atoms with E-state index in [1.807, 2.05) is 0 Å². The van der Waals surface area contributed by atoms with Gasteiger partial charge in [-0.2, -0.15) is 0 Å². The number of hydrogen-bond donors (Lipinski definition) is 0. The minimum atomic E-state index is -10.7. The van der Waals surface area contributed by atoms with E-state index >= 15 is 0 Å². The molecule has 0 saturated heterocycles. The van der Waals surface area contributed by atoms with Gasteiger partial charge in [-0.3, -0.25) is 0 Å². The predicted octanol–water partition coefficient (Wildman–Crippen LogP) is 10.4. The molecule has 0 aliphatic rings. The summed E-state index contributed by atoms with van der Waals surface area (Å²) < 4.78 is 75.0. The van der Waals surface area contributed by atoms with Crippen LogP contribution < -0.4 is 4.57 Å². The van der Waals surface area contributed by atoms with Crippen LogP contribution in [0.3, 0.4) is 0 Å². The fourth-order valence-electron chi connectivity index (χ4n) is 3.61. The van der Waals surface area contributed by atoms with E-state index in [0.717, 1.165) is 13.2 Å². The predicted molar refractivity (Wildman–Crippen MR) is 135 cm³/mol. The minimum absolute atomic E-state index is 0.640. The summed E-state index contributed by atoms with van der Waals surface area (Å²) in [5.41, 5.74) is 0. The van der Waals surface area contributed by atoms with Crippen molar-refractivity contribution in [2.45, 2.75) is 130 Å². The van der Waals surface area contributed by atoms with Crippen molar-refractivity contribution in [3.63, 3.8) is 0 Å². The molecule has 0 aliphatic heterocycles. The topological polar surface area (TPSA) is 27.3 Å².